The maximum absolute atomic E-state index is 5.56. The fourth-order valence-corrected chi connectivity index (χ4v) is 0.896. The van der Waals surface area contributed by atoms with Gasteiger partial charge in [0.1, 0.15) is 0 Å². The Hall–Kier alpha value is 0.0900. The minimum absolute atomic E-state index is 0. The maximum Gasteiger partial charge on any atom is 0.0420 e. The Bertz CT molecular complexity index is 168. The van der Waals surface area contributed by atoms with Crippen molar-refractivity contribution in [3.63, 3.8) is 0 Å². The van der Waals surface area contributed by atoms with Crippen molar-refractivity contribution in [1.29, 1.82) is 0 Å². The van der Waals surface area contributed by atoms with Gasteiger partial charge in [0.2, 0.25) is 0 Å². The average Bonchev–Trinajstić information content (AvgIpc) is 1.64. The van der Waals surface area contributed by atoms with Crippen LogP contribution in [0.5, 0.6) is 0 Å². The van der Waals surface area contributed by atoms with E-state index in [-0.39, 0.29) is 12.4 Å². The minimum atomic E-state index is 0. The third kappa shape index (κ3) is 2.95. The zero-order valence-electron chi connectivity index (χ0n) is 4.47. The van der Waals surface area contributed by atoms with Crippen LogP contribution in [0.2, 0.25) is 10.0 Å². The Kier molecular flexibility index (Phi) is 4.03. The summed E-state index contributed by atoms with van der Waals surface area (Å²) in [4.78, 5) is 0. The number of hydrogen-bond donors (Lipinski definition) is 0. The van der Waals surface area contributed by atoms with Crippen LogP contribution in [-0.4, -0.2) is 0 Å². The van der Waals surface area contributed by atoms with Crippen molar-refractivity contribution in [1.82, 2.24) is 0 Å². The number of halogens is 3. The van der Waals surface area contributed by atoms with Crippen molar-refractivity contribution in [2.75, 3.05) is 0 Å². The summed E-state index contributed by atoms with van der Waals surface area (Å²) in [5.41, 5.74) is 0. The molecule has 0 unspecified atom stereocenters. The highest BCUT2D eigenvalue weighted by Crippen LogP contribution is 2.13. The molecule has 0 aliphatic heterocycles. The minimum Gasteiger partial charge on any atom is -0.147 e. The molecule has 0 aliphatic carbocycles. The van der Waals surface area contributed by atoms with Crippen LogP contribution in [0.15, 0.2) is 24.3 Å². The lowest BCUT2D eigenvalue weighted by atomic mass is 10.4. The monoisotopic (exact) mass is 182 g/mol. The van der Waals surface area contributed by atoms with Crippen molar-refractivity contribution < 1.29 is 0 Å². The molecule has 0 fully saturated rings. The quantitative estimate of drug-likeness (QED) is 0.578. The first-order valence-electron chi connectivity index (χ1n) is 2.20. The largest absolute Gasteiger partial charge is 0.147 e. The van der Waals surface area contributed by atoms with Crippen LogP contribution in [0.25, 0.3) is 0 Å². The fourth-order valence-electron chi connectivity index (χ4n) is 0.460. The van der Waals surface area contributed by atoms with Gasteiger partial charge in [-0.05, 0) is 18.2 Å². The molecule has 0 atom stereocenters. The van der Waals surface area contributed by atoms with E-state index in [2.05, 4.69) is 0 Å². The van der Waals surface area contributed by atoms with Crippen LogP contribution < -0.4 is 0 Å². The van der Waals surface area contributed by atoms with Gasteiger partial charge in [0.05, 0.1) is 0 Å². The molecule has 0 N–H and O–H groups in total. The second-order valence-corrected chi connectivity index (χ2v) is 2.31. The Balaban J connectivity index is 0.000000640. The molecule has 0 saturated carbocycles. The first-order valence-corrected chi connectivity index (χ1v) is 2.96. The van der Waals surface area contributed by atoms with Gasteiger partial charge in [0.25, 0.3) is 0 Å². The molecule has 1 rings (SSSR count). The summed E-state index contributed by atoms with van der Waals surface area (Å²) in [7, 11) is 0. The molecule has 0 heterocycles. The predicted octanol–water partition coefficient (Wildman–Crippen LogP) is 3.42. The van der Waals surface area contributed by atoms with Crippen LogP contribution in [0.1, 0.15) is 0 Å². The smallest absolute Gasteiger partial charge is 0.0420 e. The summed E-state index contributed by atoms with van der Waals surface area (Å²) in [5.74, 6) is 0. The maximum atomic E-state index is 5.56. The average molecular weight is 183 g/mol. The molecule has 9 heavy (non-hydrogen) atoms. The molecule has 0 nitrogen and oxygen atoms in total. The number of benzene rings is 1. The molecular weight excluding hydrogens is 178 g/mol. The van der Waals surface area contributed by atoms with E-state index in [0.29, 0.717) is 10.0 Å². The van der Waals surface area contributed by atoms with Crippen molar-refractivity contribution in [3.05, 3.63) is 34.3 Å². The van der Waals surface area contributed by atoms with E-state index in [1.165, 1.54) is 0 Å². The Morgan fingerprint density at radius 1 is 1.00 bits per heavy atom. The summed E-state index contributed by atoms with van der Waals surface area (Å²) in [6.07, 6.45) is 0. The van der Waals surface area contributed by atoms with E-state index in [4.69, 9.17) is 23.2 Å². The van der Waals surface area contributed by atoms with E-state index in [1.54, 1.807) is 18.2 Å². The second kappa shape index (κ2) is 3.99. The summed E-state index contributed by atoms with van der Waals surface area (Å²) in [6, 6.07) is 7.08. The molecule has 1 aromatic carbocycles. The van der Waals surface area contributed by atoms with Gasteiger partial charge in [-0.25, -0.2) is 0 Å². The van der Waals surface area contributed by atoms with E-state index >= 15 is 0 Å². The third-order valence-electron chi connectivity index (χ3n) is 0.787. The van der Waals surface area contributed by atoms with E-state index in [9.17, 15) is 0 Å². The Morgan fingerprint density at radius 2 is 1.44 bits per heavy atom. The lowest BCUT2D eigenvalue weighted by Crippen LogP contribution is -1.61. The summed E-state index contributed by atoms with van der Waals surface area (Å²) < 4.78 is 0. The van der Waals surface area contributed by atoms with Gasteiger partial charge in [-0.1, -0.05) is 29.3 Å². The van der Waals surface area contributed by atoms with Crippen LogP contribution in [0.4, 0.5) is 0 Å². The topological polar surface area (TPSA) is 0 Å². The zero-order chi connectivity index (χ0) is 5.98. The molecule has 0 amide bonds. The van der Waals surface area contributed by atoms with Crippen LogP contribution in [0, 0.1) is 0 Å². The first-order chi connectivity index (χ1) is 3.79. The summed E-state index contributed by atoms with van der Waals surface area (Å²) >= 11 is 11.1. The highest BCUT2D eigenvalue weighted by molar-refractivity contribution is 6.34. The van der Waals surface area contributed by atoms with Gasteiger partial charge >= 0.3 is 0 Å². The summed E-state index contributed by atoms with van der Waals surface area (Å²) in [5, 5.41) is 1.36. The normalized spacial score (nSPS) is 8.22. The van der Waals surface area contributed by atoms with Crippen LogP contribution in [0.3, 0.4) is 0 Å². The molecule has 0 radical (unpaired) electrons. The van der Waals surface area contributed by atoms with Crippen molar-refractivity contribution >= 4 is 35.6 Å². The highest BCUT2D eigenvalue weighted by Gasteiger charge is 1.84. The molecule has 0 bridgehead atoms. The van der Waals surface area contributed by atoms with Gasteiger partial charge in [-0.2, -0.15) is 0 Å². The Labute approximate surface area is 70.2 Å². The first kappa shape index (κ1) is 9.09. The SMILES string of the molecule is Cl.Clc1cccc(Cl)c1. The van der Waals surface area contributed by atoms with Gasteiger partial charge in [-0.3, -0.25) is 0 Å². The number of hydrogen-bond acceptors (Lipinski definition) is 0. The highest BCUT2D eigenvalue weighted by atomic mass is 35.5. The summed E-state index contributed by atoms with van der Waals surface area (Å²) in [6.45, 7) is 0. The number of rotatable bonds is 0. The van der Waals surface area contributed by atoms with Crippen molar-refractivity contribution in [2.45, 2.75) is 0 Å². The molecular formula is C6H5Cl3. The van der Waals surface area contributed by atoms with Crippen molar-refractivity contribution in [2.24, 2.45) is 0 Å². The molecule has 3 heteroatoms. The third-order valence-corrected chi connectivity index (χ3v) is 1.26. The zero-order valence-corrected chi connectivity index (χ0v) is 6.80. The van der Waals surface area contributed by atoms with Gasteiger partial charge < -0.3 is 0 Å². The van der Waals surface area contributed by atoms with Crippen LogP contribution >= 0.6 is 35.6 Å². The van der Waals surface area contributed by atoms with E-state index in [0.717, 1.165) is 0 Å². The van der Waals surface area contributed by atoms with Gasteiger partial charge in [0.15, 0.2) is 0 Å². The fraction of sp³-hybridized carbons (Fsp3) is 0. The molecule has 0 aliphatic rings. The lowest BCUT2D eigenvalue weighted by Gasteiger charge is -1.86. The van der Waals surface area contributed by atoms with E-state index in [1.807, 2.05) is 6.07 Å². The van der Waals surface area contributed by atoms with Gasteiger partial charge in [-0.15, -0.1) is 12.4 Å². The van der Waals surface area contributed by atoms with Crippen LogP contribution in [-0.2, 0) is 0 Å². The van der Waals surface area contributed by atoms with Crippen molar-refractivity contribution in [3.8, 4) is 0 Å². The van der Waals surface area contributed by atoms with Gasteiger partial charge in [0, 0.05) is 10.0 Å². The predicted molar refractivity (Wildman–Crippen MR) is 43.7 cm³/mol. The van der Waals surface area contributed by atoms with E-state index < -0.39 is 0 Å². The molecule has 0 spiro atoms. The lowest BCUT2D eigenvalue weighted by molar-refractivity contribution is 1.71. The molecule has 1 aromatic rings. The standard InChI is InChI=1S/C6H4Cl2.ClH/c7-5-2-1-3-6(8)4-5;/h1-4H;1H. The second-order valence-electron chi connectivity index (χ2n) is 1.44. The Morgan fingerprint density at radius 3 is 1.67 bits per heavy atom. The molecule has 50 valence electrons. The molecule has 0 saturated heterocycles. The molecule has 0 aromatic heterocycles.